The molecule has 0 unspecified atom stereocenters. The number of carbonyl (C=O) groups excluding carboxylic acids is 1. The molecule has 0 spiro atoms. The third kappa shape index (κ3) is 5.40. The Morgan fingerprint density at radius 2 is 1.70 bits per heavy atom. The lowest BCUT2D eigenvalue weighted by molar-refractivity contribution is -0.136. The van der Waals surface area contributed by atoms with Crippen LogP contribution in [0.4, 0.5) is 0 Å². The fourth-order valence-corrected chi connectivity index (χ4v) is 4.64. The van der Waals surface area contributed by atoms with Gasteiger partial charge in [0, 0.05) is 6.54 Å². The number of hydrogen-bond donors (Lipinski definition) is 3. The summed E-state index contributed by atoms with van der Waals surface area (Å²) in [4.78, 5) is 23.7. The van der Waals surface area contributed by atoms with E-state index in [2.05, 4.69) is 37.2 Å². The monoisotopic (exact) mass is 577 g/mol. The van der Waals surface area contributed by atoms with Gasteiger partial charge in [0.05, 0.1) is 20.9 Å². The number of aromatic hydroxyl groups is 1. The van der Waals surface area contributed by atoms with Gasteiger partial charge in [-0.1, -0.05) is 6.07 Å². The van der Waals surface area contributed by atoms with Crippen LogP contribution in [0.25, 0.3) is 0 Å². The van der Waals surface area contributed by atoms with Crippen molar-refractivity contribution in [3.05, 3.63) is 74.2 Å². The molecule has 3 aromatic rings. The summed E-state index contributed by atoms with van der Waals surface area (Å²) in [7, 11) is 0. The van der Waals surface area contributed by atoms with Crippen LogP contribution in [0, 0.1) is 0 Å². The van der Waals surface area contributed by atoms with Crippen LogP contribution in [0.15, 0.2) is 57.5 Å². The highest BCUT2D eigenvalue weighted by atomic mass is 79.9. The maximum atomic E-state index is 12.7. The molecule has 0 saturated carbocycles. The van der Waals surface area contributed by atoms with E-state index >= 15 is 0 Å². The maximum absolute atomic E-state index is 12.7. The molecule has 8 nitrogen and oxygen atoms in total. The Bertz CT molecular complexity index is 1220. The zero-order valence-electron chi connectivity index (χ0n) is 16.9. The number of carboxylic acids is 1. The van der Waals surface area contributed by atoms with Gasteiger partial charge in [-0.2, -0.15) is 0 Å². The first-order valence-electron chi connectivity index (χ1n) is 9.67. The highest BCUT2D eigenvalue weighted by Gasteiger charge is 2.17. The lowest BCUT2D eigenvalue weighted by Gasteiger charge is -2.13. The molecule has 0 radical (unpaired) electrons. The van der Waals surface area contributed by atoms with Gasteiger partial charge in [0.1, 0.15) is 11.5 Å². The molecule has 170 valence electrons. The van der Waals surface area contributed by atoms with Crippen molar-refractivity contribution in [1.82, 2.24) is 5.32 Å². The van der Waals surface area contributed by atoms with E-state index in [0.29, 0.717) is 37.5 Å². The SMILES string of the molecule is O=C(O)Cc1cc(Br)c(Oc2ccc(O)c(C(=O)NCc3ccc4c(c3)OCO4)c2)c(Br)c1. The van der Waals surface area contributed by atoms with Crippen LogP contribution in [0.3, 0.4) is 0 Å². The first-order valence-corrected chi connectivity index (χ1v) is 11.3. The van der Waals surface area contributed by atoms with Crippen molar-refractivity contribution in [3.8, 4) is 28.7 Å². The van der Waals surface area contributed by atoms with Gasteiger partial charge >= 0.3 is 5.97 Å². The number of aliphatic carboxylic acids is 1. The lowest BCUT2D eigenvalue weighted by atomic mass is 10.1. The number of phenolic OH excluding ortho intramolecular Hbond substituents is 1. The molecular formula is C23H17Br2NO7. The topological polar surface area (TPSA) is 114 Å². The number of phenols is 1. The highest BCUT2D eigenvalue weighted by Crippen LogP contribution is 2.39. The summed E-state index contributed by atoms with van der Waals surface area (Å²) in [6, 6.07) is 13.0. The molecule has 3 N–H and O–H groups in total. The molecular weight excluding hydrogens is 562 g/mol. The van der Waals surface area contributed by atoms with Crippen molar-refractivity contribution in [2.75, 3.05) is 6.79 Å². The summed E-state index contributed by atoms with van der Waals surface area (Å²) in [6.07, 6.45) is -0.135. The molecule has 1 aliphatic heterocycles. The van der Waals surface area contributed by atoms with Crippen LogP contribution >= 0.6 is 31.9 Å². The molecule has 0 atom stereocenters. The first-order chi connectivity index (χ1) is 15.8. The van der Waals surface area contributed by atoms with Crippen LogP contribution in [-0.2, 0) is 17.8 Å². The predicted molar refractivity (Wildman–Crippen MR) is 125 cm³/mol. The Morgan fingerprint density at radius 3 is 2.42 bits per heavy atom. The third-order valence-electron chi connectivity index (χ3n) is 4.74. The summed E-state index contributed by atoms with van der Waals surface area (Å²) in [5.74, 6) is 0.366. The van der Waals surface area contributed by atoms with E-state index in [1.54, 1.807) is 24.3 Å². The molecule has 1 heterocycles. The highest BCUT2D eigenvalue weighted by molar-refractivity contribution is 9.11. The van der Waals surface area contributed by atoms with E-state index in [1.165, 1.54) is 18.2 Å². The number of carboxylic acid groups (broad SMARTS) is 1. The predicted octanol–water partition coefficient (Wildman–Crippen LogP) is 5.00. The van der Waals surface area contributed by atoms with E-state index in [-0.39, 0.29) is 31.1 Å². The van der Waals surface area contributed by atoms with E-state index in [0.717, 1.165) is 5.56 Å². The molecule has 0 aliphatic carbocycles. The van der Waals surface area contributed by atoms with E-state index in [9.17, 15) is 14.7 Å². The van der Waals surface area contributed by atoms with Crippen LogP contribution in [0.1, 0.15) is 21.5 Å². The summed E-state index contributed by atoms with van der Waals surface area (Å²) in [5, 5.41) is 21.9. The number of hydrogen-bond acceptors (Lipinski definition) is 6. The van der Waals surface area contributed by atoms with Gasteiger partial charge in [0.2, 0.25) is 6.79 Å². The van der Waals surface area contributed by atoms with Crippen molar-refractivity contribution < 1.29 is 34.0 Å². The molecule has 1 amide bonds. The van der Waals surface area contributed by atoms with Gasteiger partial charge in [-0.15, -0.1) is 0 Å². The minimum absolute atomic E-state index is 0.0444. The zero-order valence-corrected chi connectivity index (χ0v) is 20.1. The summed E-state index contributed by atoms with van der Waals surface area (Å²) in [5.41, 5.74) is 1.44. The van der Waals surface area contributed by atoms with E-state index in [4.69, 9.17) is 19.3 Å². The second-order valence-corrected chi connectivity index (χ2v) is 8.82. The summed E-state index contributed by atoms with van der Waals surface area (Å²) < 4.78 is 17.6. The normalized spacial score (nSPS) is 11.8. The Hall–Kier alpha value is -3.24. The van der Waals surface area contributed by atoms with E-state index < -0.39 is 11.9 Å². The maximum Gasteiger partial charge on any atom is 0.307 e. The second kappa shape index (κ2) is 9.72. The molecule has 0 saturated heterocycles. The van der Waals surface area contributed by atoms with Crippen LogP contribution in [0.5, 0.6) is 28.7 Å². The minimum Gasteiger partial charge on any atom is -0.507 e. The Morgan fingerprint density at radius 1 is 0.970 bits per heavy atom. The molecule has 0 fully saturated rings. The Balaban J connectivity index is 1.48. The fraction of sp³-hybridized carbons (Fsp3) is 0.130. The number of rotatable bonds is 7. The van der Waals surface area contributed by atoms with Crippen molar-refractivity contribution in [1.29, 1.82) is 0 Å². The number of carbonyl (C=O) groups is 2. The average Bonchev–Trinajstić information content (AvgIpc) is 3.23. The van der Waals surface area contributed by atoms with Crippen molar-refractivity contribution in [2.24, 2.45) is 0 Å². The Labute approximate surface area is 205 Å². The quantitative estimate of drug-likeness (QED) is 0.361. The zero-order chi connectivity index (χ0) is 23.5. The number of benzene rings is 3. The molecule has 1 aliphatic rings. The minimum atomic E-state index is -0.947. The third-order valence-corrected chi connectivity index (χ3v) is 5.91. The standard InChI is InChI=1S/C23H17Br2NO7/c24-16-5-13(8-21(28)29)6-17(25)22(16)33-14-2-3-18(27)15(9-14)23(30)26-10-12-1-4-19-20(7-12)32-11-31-19/h1-7,9,27H,8,10-11H2,(H,26,30)(H,28,29). The number of halogens is 2. The van der Waals surface area contributed by atoms with Crippen LogP contribution in [0.2, 0.25) is 0 Å². The molecule has 10 heteroatoms. The molecule has 0 aromatic heterocycles. The van der Waals surface area contributed by atoms with Gasteiger partial charge in [-0.05, 0) is 85.5 Å². The van der Waals surface area contributed by atoms with Crippen LogP contribution in [-0.4, -0.2) is 28.9 Å². The number of amides is 1. The first kappa shape index (κ1) is 22.9. The van der Waals surface area contributed by atoms with Gasteiger partial charge in [0.15, 0.2) is 17.2 Å². The Kier molecular flexibility index (Phi) is 6.75. The average molecular weight is 579 g/mol. The van der Waals surface area contributed by atoms with E-state index in [1.807, 2.05) is 6.07 Å². The van der Waals surface area contributed by atoms with Crippen molar-refractivity contribution in [2.45, 2.75) is 13.0 Å². The van der Waals surface area contributed by atoms with Gasteiger partial charge < -0.3 is 29.7 Å². The molecule has 3 aromatic carbocycles. The van der Waals surface area contributed by atoms with Crippen molar-refractivity contribution in [3.63, 3.8) is 0 Å². The number of nitrogens with one attached hydrogen (secondary N) is 1. The molecule has 4 rings (SSSR count). The van der Waals surface area contributed by atoms with Gasteiger partial charge in [-0.3, -0.25) is 9.59 Å². The fourth-order valence-electron chi connectivity index (χ4n) is 3.19. The van der Waals surface area contributed by atoms with Gasteiger partial charge in [0.25, 0.3) is 5.91 Å². The van der Waals surface area contributed by atoms with Gasteiger partial charge in [-0.25, -0.2) is 0 Å². The summed E-state index contributed by atoms with van der Waals surface area (Å²) in [6.45, 7) is 0.391. The molecule has 33 heavy (non-hydrogen) atoms. The summed E-state index contributed by atoms with van der Waals surface area (Å²) >= 11 is 6.77. The smallest absolute Gasteiger partial charge is 0.307 e. The number of ether oxygens (including phenoxy) is 3. The van der Waals surface area contributed by atoms with Crippen molar-refractivity contribution >= 4 is 43.7 Å². The van der Waals surface area contributed by atoms with Crippen LogP contribution < -0.4 is 19.5 Å². The number of fused-ring (bicyclic) bond motifs is 1. The lowest BCUT2D eigenvalue weighted by Crippen LogP contribution is -2.22. The second-order valence-electron chi connectivity index (χ2n) is 7.11. The largest absolute Gasteiger partial charge is 0.507 e. The molecule has 0 bridgehead atoms.